The molecule has 0 aromatic heterocycles. The number of amides is 3. The third kappa shape index (κ3) is 10.6. The van der Waals surface area contributed by atoms with E-state index in [1.807, 2.05) is 13.8 Å². The van der Waals surface area contributed by atoms with Crippen molar-refractivity contribution in [3.05, 3.63) is 0 Å². The average Bonchev–Trinajstić information content (AvgIpc) is 2.40. The molecule has 0 bridgehead atoms. The molecule has 0 spiro atoms. The van der Waals surface area contributed by atoms with Crippen molar-refractivity contribution in [3.8, 4) is 0 Å². The van der Waals surface area contributed by atoms with Crippen molar-refractivity contribution in [2.24, 2.45) is 5.92 Å². The van der Waals surface area contributed by atoms with Crippen LogP contribution in [0, 0.1) is 5.92 Å². The molecule has 0 radical (unpaired) electrons. The first kappa shape index (κ1) is 19.2. The summed E-state index contributed by atoms with van der Waals surface area (Å²) in [5, 5.41) is 16.4. The lowest BCUT2D eigenvalue weighted by Gasteiger charge is -2.14. The SMILES string of the molecule is COCCC(NC(=O)NCCC(=O)NCC(C)C)C(=O)O. The molecule has 3 amide bonds. The van der Waals surface area contributed by atoms with Crippen LogP contribution in [0.15, 0.2) is 0 Å². The van der Waals surface area contributed by atoms with E-state index in [1.54, 1.807) is 0 Å². The van der Waals surface area contributed by atoms with Crippen molar-refractivity contribution in [1.29, 1.82) is 0 Å². The molecule has 8 nitrogen and oxygen atoms in total. The summed E-state index contributed by atoms with van der Waals surface area (Å²) in [5.41, 5.74) is 0. The molecule has 0 aliphatic heterocycles. The van der Waals surface area contributed by atoms with E-state index in [1.165, 1.54) is 7.11 Å². The molecule has 0 saturated heterocycles. The number of carbonyl (C=O) groups excluding carboxylic acids is 2. The van der Waals surface area contributed by atoms with E-state index in [0.717, 1.165) is 0 Å². The number of hydrogen-bond acceptors (Lipinski definition) is 4. The number of carboxylic acid groups (broad SMARTS) is 1. The van der Waals surface area contributed by atoms with Crippen LogP contribution in [0.2, 0.25) is 0 Å². The second-order valence-corrected chi connectivity index (χ2v) is 5.02. The van der Waals surface area contributed by atoms with E-state index in [2.05, 4.69) is 16.0 Å². The Kier molecular flexibility index (Phi) is 9.95. The summed E-state index contributed by atoms with van der Waals surface area (Å²) < 4.78 is 4.77. The molecule has 0 aliphatic carbocycles. The van der Waals surface area contributed by atoms with E-state index >= 15 is 0 Å². The van der Waals surface area contributed by atoms with Crippen LogP contribution in [0.4, 0.5) is 4.79 Å². The first-order valence-electron chi connectivity index (χ1n) is 6.89. The lowest BCUT2D eigenvalue weighted by Crippen LogP contribution is -2.47. The van der Waals surface area contributed by atoms with Crippen LogP contribution in [0.3, 0.4) is 0 Å². The van der Waals surface area contributed by atoms with Crippen molar-refractivity contribution in [2.45, 2.75) is 32.7 Å². The molecule has 0 aromatic carbocycles. The van der Waals surface area contributed by atoms with Crippen LogP contribution in [0.25, 0.3) is 0 Å². The fourth-order valence-corrected chi connectivity index (χ4v) is 1.40. The van der Waals surface area contributed by atoms with Crippen LogP contribution >= 0.6 is 0 Å². The number of urea groups is 1. The Balaban J connectivity index is 3.91. The van der Waals surface area contributed by atoms with E-state index < -0.39 is 18.0 Å². The Bertz CT molecular complexity index is 347. The van der Waals surface area contributed by atoms with Gasteiger partial charge in [0.15, 0.2) is 0 Å². The predicted molar refractivity (Wildman–Crippen MR) is 76.9 cm³/mol. The highest BCUT2D eigenvalue weighted by Gasteiger charge is 2.19. The first-order chi connectivity index (χ1) is 9.86. The monoisotopic (exact) mass is 303 g/mol. The highest BCUT2D eigenvalue weighted by atomic mass is 16.5. The van der Waals surface area contributed by atoms with Gasteiger partial charge in [0, 0.05) is 39.6 Å². The van der Waals surface area contributed by atoms with E-state index in [9.17, 15) is 14.4 Å². The van der Waals surface area contributed by atoms with Crippen LogP contribution in [0.1, 0.15) is 26.7 Å². The molecule has 1 atom stereocenters. The molecule has 1 unspecified atom stereocenters. The zero-order valence-corrected chi connectivity index (χ0v) is 12.8. The lowest BCUT2D eigenvalue weighted by atomic mass is 10.2. The summed E-state index contributed by atoms with van der Waals surface area (Å²) in [5.74, 6) is -0.919. The molecule has 0 rings (SSSR count). The van der Waals surface area contributed by atoms with Gasteiger partial charge < -0.3 is 25.8 Å². The maximum Gasteiger partial charge on any atom is 0.326 e. The largest absolute Gasteiger partial charge is 0.480 e. The number of carboxylic acids is 1. The molecule has 8 heteroatoms. The average molecular weight is 303 g/mol. The van der Waals surface area contributed by atoms with Gasteiger partial charge in [-0.2, -0.15) is 0 Å². The molecule has 0 saturated carbocycles. The molecular weight excluding hydrogens is 278 g/mol. The molecular formula is C13H25N3O5. The molecule has 0 fully saturated rings. The minimum Gasteiger partial charge on any atom is -0.480 e. The summed E-state index contributed by atoms with van der Waals surface area (Å²) in [4.78, 5) is 33.8. The van der Waals surface area contributed by atoms with Crippen molar-refractivity contribution in [2.75, 3.05) is 26.8 Å². The Morgan fingerprint density at radius 2 is 1.86 bits per heavy atom. The van der Waals surface area contributed by atoms with Crippen molar-refractivity contribution in [3.63, 3.8) is 0 Å². The van der Waals surface area contributed by atoms with Gasteiger partial charge in [-0.3, -0.25) is 4.79 Å². The van der Waals surface area contributed by atoms with E-state index in [0.29, 0.717) is 12.5 Å². The number of ether oxygens (including phenoxy) is 1. The van der Waals surface area contributed by atoms with Gasteiger partial charge in [0.1, 0.15) is 6.04 Å². The third-order valence-corrected chi connectivity index (χ3v) is 2.56. The number of methoxy groups -OCH3 is 1. The number of carbonyl (C=O) groups is 3. The minimum absolute atomic E-state index is 0.145. The Labute approximate surface area is 124 Å². The van der Waals surface area contributed by atoms with Crippen LogP contribution in [-0.2, 0) is 14.3 Å². The normalized spacial score (nSPS) is 11.8. The Morgan fingerprint density at radius 3 is 2.38 bits per heavy atom. The summed E-state index contributed by atoms with van der Waals surface area (Å²) in [6.45, 7) is 4.93. The zero-order chi connectivity index (χ0) is 16.3. The van der Waals surface area contributed by atoms with Crippen LogP contribution in [-0.4, -0.2) is 55.9 Å². The smallest absolute Gasteiger partial charge is 0.326 e. The van der Waals surface area contributed by atoms with Gasteiger partial charge in [-0.1, -0.05) is 13.8 Å². The number of nitrogens with one attached hydrogen (secondary N) is 3. The summed E-state index contributed by atoms with van der Waals surface area (Å²) >= 11 is 0. The molecule has 4 N–H and O–H groups in total. The van der Waals surface area contributed by atoms with Gasteiger partial charge >= 0.3 is 12.0 Å². The molecule has 0 heterocycles. The van der Waals surface area contributed by atoms with Crippen molar-refractivity contribution < 1.29 is 24.2 Å². The highest BCUT2D eigenvalue weighted by molar-refractivity contribution is 5.83. The van der Waals surface area contributed by atoms with Gasteiger partial charge in [-0.15, -0.1) is 0 Å². The van der Waals surface area contributed by atoms with Crippen LogP contribution in [0.5, 0.6) is 0 Å². The second kappa shape index (κ2) is 10.9. The molecule has 0 aromatic rings. The quantitative estimate of drug-likeness (QED) is 0.451. The molecule has 21 heavy (non-hydrogen) atoms. The second-order valence-electron chi connectivity index (χ2n) is 5.02. The molecule has 0 aliphatic rings. The topological polar surface area (TPSA) is 117 Å². The van der Waals surface area contributed by atoms with Gasteiger partial charge in [-0.05, 0) is 5.92 Å². The van der Waals surface area contributed by atoms with Gasteiger partial charge in [0.2, 0.25) is 5.91 Å². The van der Waals surface area contributed by atoms with Crippen molar-refractivity contribution >= 4 is 17.9 Å². The summed E-state index contributed by atoms with van der Waals surface area (Å²) in [6, 6.07) is -1.63. The van der Waals surface area contributed by atoms with Crippen LogP contribution < -0.4 is 16.0 Å². The Hall–Kier alpha value is -1.83. The van der Waals surface area contributed by atoms with Crippen molar-refractivity contribution in [1.82, 2.24) is 16.0 Å². The van der Waals surface area contributed by atoms with Gasteiger partial charge in [0.05, 0.1) is 0 Å². The third-order valence-electron chi connectivity index (χ3n) is 2.56. The number of rotatable bonds is 10. The Morgan fingerprint density at radius 1 is 1.19 bits per heavy atom. The fourth-order valence-electron chi connectivity index (χ4n) is 1.40. The maximum atomic E-state index is 11.5. The number of aliphatic carboxylic acids is 1. The molecule has 122 valence electrons. The predicted octanol–water partition coefficient (Wildman–Crippen LogP) is -0.0624. The zero-order valence-electron chi connectivity index (χ0n) is 12.8. The summed E-state index contributed by atoms with van der Waals surface area (Å²) in [6.07, 6.45) is 0.323. The standard InChI is InChI=1S/C13H25N3O5/c1-9(2)8-15-11(17)4-6-14-13(20)16-10(12(18)19)5-7-21-3/h9-10H,4-8H2,1-3H3,(H,15,17)(H,18,19)(H2,14,16,20). The summed E-state index contributed by atoms with van der Waals surface area (Å²) in [7, 11) is 1.45. The fraction of sp³-hybridized carbons (Fsp3) is 0.769. The minimum atomic E-state index is -1.13. The van der Waals surface area contributed by atoms with Gasteiger partial charge in [0.25, 0.3) is 0 Å². The van der Waals surface area contributed by atoms with E-state index in [4.69, 9.17) is 9.84 Å². The number of hydrogen-bond donors (Lipinski definition) is 4. The lowest BCUT2D eigenvalue weighted by molar-refractivity contribution is -0.139. The highest BCUT2D eigenvalue weighted by Crippen LogP contribution is 1.93. The first-order valence-corrected chi connectivity index (χ1v) is 6.89. The maximum absolute atomic E-state index is 11.5. The van der Waals surface area contributed by atoms with E-state index in [-0.39, 0.29) is 31.9 Å². The van der Waals surface area contributed by atoms with Gasteiger partial charge in [-0.25, -0.2) is 9.59 Å².